The third kappa shape index (κ3) is 3.51. The van der Waals surface area contributed by atoms with Crippen molar-refractivity contribution >= 4 is 28.8 Å². The van der Waals surface area contributed by atoms with Crippen molar-refractivity contribution in [3.05, 3.63) is 30.0 Å². The zero-order chi connectivity index (χ0) is 21.4. The molecule has 9 nitrogen and oxygen atoms in total. The van der Waals surface area contributed by atoms with E-state index in [0.717, 1.165) is 17.3 Å². The summed E-state index contributed by atoms with van der Waals surface area (Å²) in [5.41, 5.74) is 1.73. The lowest BCUT2D eigenvalue weighted by atomic mass is 10.1. The van der Waals surface area contributed by atoms with E-state index in [9.17, 15) is 14.4 Å². The second kappa shape index (κ2) is 8.02. The van der Waals surface area contributed by atoms with Gasteiger partial charge in [0.05, 0.1) is 31.7 Å². The fourth-order valence-corrected chi connectivity index (χ4v) is 4.61. The quantitative estimate of drug-likeness (QED) is 0.716. The van der Waals surface area contributed by atoms with Crippen molar-refractivity contribution in [3.63, 3.8) is 0 Å². The van der Waals surface area contributed by atoms with Crippen LogP contribution >= 0.6 is 11.8 Å². The predicted molar refractivity (Wildman–Crippen MR) is 111 cm³/mol. The fourth-order valence-electron chi connectivity index (χ4n) is 3.83. The lowest BCUT2D eigenvalue weighted by molar-refractivity contribution is -0.126. The van der Waals surface area contributed by atoms with Gasteiger partial charge in [-0.1, -0.05) is 11.8 Å². The normalized spacial score (nSPS) is 19.0. The van der Waals surface area contributed by atoms with Crippen LogP contribution in [0.2, 0.25) is 0 Å². The Morgan fingerprint density at radius 2 is 2.00 bits per heavy atom. The molecule has 158 valence electrons. The Morgan fingerprint density at radius 1 is 1.20 bits per heavy atom. The van der Waals surface area contributed by atoms with Gasteiger partial charge in [-0.2, -0.15) is 5.10 Å². The number of aryl methyl sites for hydroxylation is 1. The Bertz CT molecular complexity index is 1000. The van der Waals surface area contributed by atoms with Crippen LogP contribution in [0.1, 0.15) is 16.9 Å². The van der Waals surface area contributed by atoms with E-state index in [4.69, 9.17) is 9.47 Å². The summed E-state index contributed by atoms with van der Waals surface area (Å²) >= 11 is 1.01. The van der Waals surface area contributed by atoms with Crippen LogP contribution in [-0.2, 0) is 11.8 Å². The summed E-state index contributed by atoms with van der Waals surface area (Å²) in [5.74, 6) is 1.09. The van der Waals surface area contributed by atoms with Crippen LogP contribution in [0.3, 0.4) is 0 Å². The van der Waals surface area contributed by atoms with Crippen molar-refractivity contribution in [2.75, 3.05) is 33.1 Å². The van der Waals surface area contributed by atoms with Gasteiger partial charge in [0.15, 0.2) is 0 Å². The van der Waals surface area contributed by atoms with Gasteiger partial charge in [-0.3, -0.25) is 24.0 Å². The lowest BCUT2D eigenvalue weighted by Crippen LogP contribution is -2.41. The number of nitrogens with zero attached hydrogens (tertiary/aromatic N) is 4. The highest BCUT2D eigenvalue weighted by molar-refractivity contribution is 8.14. The van der Waals surface area contributed by atoms with Gasteiger partial charge in [-0.15, -0.1) is 0 Å². The Kier molecular flexibility index (Phi) is 5.42. The number of benzene rings is 1. The molecule has 1 aromatic heterocycles. The van der Waals surface area contributed by atoms with Crippen LogP contribution in [0.15, 0.2) is 24.3 Å². The maximum absolute atomic E-state index is 13.1. The molecule has 0 aliphatic carbocycles. The Hall–Kier alpha value is -3.01. The fraction of sp³-hybridized carbons (Fsp3) is 0.400. The third-order valence-corrected chi connectivity index (χ3v) is 6.22. The Labute approximate surface area is 177 Å². The molecule has 30 heavy (non-hydrogen) atoms. The lowest BCUT2D eigenvalue weighted by Gasteiger charge is -2.21. The number of likely N-dealkylation sites (tertiary alicyclic amines) is 1. The molecule has 0 radical (unpaired) electrons. The summed E-state index contributed by atoms with van der Waals surface area (Å²) in [5, 5.41) is 4.26. The molecule has 2 aliphatic rings. The van der Waals surface area contributed by atoms with E-state index < -0.39 is 0 Å². The monoisotopic (exact) mass is 430 g/mol. The molecule has 0 saturated carbocycles. The molecule has 0 spiro atoms. The van der Waals surface area contributed by atoms with Gasteiger partial charge < -0.3 is 14.4 Å². The predicted octanol–water partition coefficient (Wildman–Crippen LogP) is 2.01. The van der Waals surface area contributed by atoms with Gasteiger partial charge in [0.25, 0.3) is 11.1 Å². The van der Waals surface area contributed by atoms with Crippen molar-refractivity contribution in [1.82, 2.24) is 19.6 Å². The highest BCUT2D eigenvalue weighted by atomic mass is 32.2. The average Bonchev–Trinajstić information content (AvgIpc) is 3.46. The van der Waals surface area contributed by atoms with Gasteiger partial charge in [-0.05, 0) is 30.7 Å². The number of aromatic nitrogens is 2. The average molecular weight is 430 g/mol. The molecule has 3 amide bonds. The molecule has 0 bridgehead atoms. The number of imide groups is 1. The van der Waals surface area contributed by atoms with Crippen LogP contribution in [0.5, 0.6) is 11.5 Å². The van der Waals surface area contributed by atoms with E-state index in [2.05, 4.69) is 5.10 Å². The summed E-state index contributed by atoms with van der Waals surface area (Å²) in [6, 6.07) is 6.84. The number of ether oxygens (including phenoxy) is 2. The van der Waals surface area contributed by atoms with Crippen LogP contribution in [-0.4, -0.2) is 75.7 Å². The maximum Gasteiger partial charge on any atom is 0.289 e. The standard InChI is InChI=1S/C20H22N4O5S/c1-22-16(9-15(21-22)14-8-13(28-2)4-5-17(14)29-3)19(26)23-7-6-12(10-23)24-18(25)11-30-20(24)27/h4-5,8-9,12H,6-7,10-11H2,1-3H3. The van der Waals surface area contributed by atoms with E-state index in [1.807, 2.05) is 6.07 Å². The first kappa shape index (κ1) is 20.3. The number of rotatable bonds is 5. The smallest absolute Gasteiger partial charge is 0.289 e. The minimum Gasteiger partial charge on any atom is -0.497 e. The topological polar surface area (TPSA) is 94.0 Å². The summed E-state index contributed by atoms with van der Waals surface area (Å²) in [6.45, 7) is 0.814. The van der Waals surface area contributed by atoms with E-state index in [1.54, 1.807) is 44.4 Å². The van der Waals surface area contributed by atoms with Crippen LogP contribution in [0.25, 0.3) is 11.3 Å². The first-order chi connectivity index (χ1) is 14.4. The molecule has 2 fully saturated rings. The minimum atomic E-state index is -0.268. The van der Waals surface area contributed by atoms with E-state index in [-0.39, 0.29) is 28.8 Å². The molecule has 2 saturated heterocycles. The second-order valence-corrected chi connectivity index (χ2v) is 8.04. The molecule has 1 unspecified atom stereocenters. The van der Waals surface area contributed by atoms with Gasteiger partial charge in [-0.25, -0.2) is 0 Å². The number of hydrogen-bond acceptors (Lipinski definition) is 7. The summed E-state index contributed by atoms with van der Waals surface area (Å²) in [7, 11) is 4.86. The van der Waals surface area contributed by atoms with E-state index >= 15 is 0 Å². The van der Waals surface area contributed by atoms with Crippen molar-refractivity contribution in [2.24, 2.45) is 7.05 Å². The Morgan fingerprint density at radius 3 is 2.67 bits per heavy atom. The number of carbonyl (C=O) groups is 3. The van der Waals surface area contributed by atoms with Crippen molar-refractivity contribution in [1.29, 1.82) is 0 Å². The molecule has 2 aliphatic heterocycles. The maximum atomic E-state index is 13.1. The molecule has 10 heteroatoms. The Balaban J connectivity index is 1.56. The molecular weight excluding hydrogens is 408 g/mol. The van der Waals surface area contributed by atoms with Crippen LogP contribution < -0.4 is 9.47 Å². The van der Waals surface area contributed by atoms with E-state index in [0.29, 0.717) is 42.4 Å². The molecule has 0 N–H and O–H groups in total. The number of hydrogen-bond donors (Lipinski definition) is 0. The third-order valence-electron chi connectivity index (χ3n) is 5.38. The van der Waals surface area contributed by atoms with Crippen molar-refractivity contribution < 1.29 is 23.9 Å². The highest BCUT2D eigenvalue weighted by Crippen LogP contribution is 2.33. The zero-order valence-corrected chi connectivity index (χ0v) is 17.8. The van der Waals surface area contributed by atoms with Gasteiger partial charge >= 0.3 is 0 Å². The largest absolute Gasteiger partial charge is 0.497 e. The molecular formula is C20H22N4O5S. The zero-order valence-electron chi connectivity index (χ0n) is 17.0. The molecule has 1 atom stereocenters. The first-order valence-corrected chi connectivity index (χ1v) is 10.5. The minimum absolute atomic E-state index is 0.177. The van der Waals surface area contributed by atoms with Crippen molar-refractivity contribution in [3.8, 4) is 22.8 Å². The highest BCUT2D eigenvalue weighted by Gasteiger charge is 2.40. The van der Waals surface area contributed by atoms with Gasteiger partial charge in [0, 0.05) is 25.7 Å². The van der Waals surface area contributed by atoms with Gasteiger partial charge in [0.1, 0.15) is 17.2 Å². The number of amides is 3. The summed E-state index contributed by atoms with van der Waals surface area (Å²) in [6.07, 6.45) is 0.582. The van der Waals surface area contributed by atoms with Gasteiger partial charge in [0.2, 0.25) is 5.91 Å². The molecule has 2 aromatic rings. The van der Waals surface area contributed by atoms with Crippen molar-refractivity contribution in [2.45, 2.75) is 12.5 Å². The number of carbonyl (C=O) groups excluding carboxylic acids is 3. The molecule has 1 aromatic carbocycles. The van der Waals surface area contributed by atoms with Crippen LogP contribution in [0, 0.1) is 0 Å². The SMILES string of the molecule is COc1ccc(OC)c(-c2cc(C(=O)N3CCC(N4C(=O)CSC4=O)C3)n(C)n2)c1. The first-order valence-electron chi connectivity index (χ1n) is 9.47. The number of methoxy groups -OCH3 is 2. The van der Waals surface area contributed by atoms with E-state index in [1.165, 1.54) is 9.58 Å². The molecule has 4 rings (SSSR count). The van der Waals surface area contributed by atoms with Crippen LogP contribution in [0.4, 0.5) is 4.79 Å². The number of thioether (sulfide) groups is 1. The summed E-state index contributed by atoms with van der Waals surface area (Å²) < 4.78 is 12.3. The summed E-state index contributed by atoms with van der Waals surface area (Å²) in [4.78, 5) is 40.1. The second-order valence-electron chi connectivity index (χ2n) is 7.12. The molecule has 3 heterocycles.